The highest BCUT2D eigenvalue weighted by Crippen LogP contribution is 2.33. The third-order valence-corrected chi connectivity index (χ3v) is 6.89. The Hall–Kier alpha value is -4.67. The van der Waals surface area contributed by atoms with Crippen molar-refractivity contribution in [2.75, 3.05) is 13.6 Å². The quantitative estimate of drug-likeness (QED) is 0.112. The van der Waals surface area contributed by atoms with Crippen LogP contribution in [0.4, 0.5) is 13.2 Å². The highest BCUT2D eigenvalue weighted by molar-refractivity contribution is 7.90. The van der Waals surface area contributed by atoms with Gasteiger partial charge in [-0.2, -0.15) is 18.3 Å². The van der Waals surface area contributed by atoms with E-state index in [0.29, 0.717) is 10.6 Å². The van der Waals surface area contributed by atoms with E-state index in [0.717, 1.165) is 35.5 Å². The average molecular weight is 613 g/mol. The van der Waals surface area contributed by atoms with Gasteiger partial charge in [-0.25, -0.2) is 17.8 Å². The van der Waals surface area contributed by atoms with Crippen molar-refractivity contribution >= 4 is 21.9 Å². The first-order valence-electron chi connectivity index (χ1n) is 12.3. The van der Waals surface area contributed by atoms with Crippen LogP contribution in [-0.2, 0) is 35.4 Å². The van der Waals surface area contributed by atoms with Crippen molar-refractivity contribution in [2.24, 2.45) is 5.28 Å². The molecule has 0 aliphatic carbocycles. The first kappa shape index (κ1) is 31.9. The van der Waals surface area contributed by atoms with Gasteiger partial charge in [0.1, 0.15) is 0 Å². The van der Waals surface area contributed by atoms with Crippen molar-refractivity contribution in [3.05, 3.63) is 71.1 Å². The number of rotatable bonds is 11. The summed E-state index contributed by atoms with van der Waals surface area (Å²) in [4.78, 5) is 27.7. The Kier molecular flexibility index (Phi) is 9.77. The standard InChI is InChI=1S/C25H27F3N6O7S/c1-5-24(36)40-17(3)41-31-34(37)32(4)15-23(35)30-42(38,39)20-12-10-19(11-13-20)33-21(14-22(29-33)25(26,27)28)18-8-6-16(2)7-9-18/h6-14,17H,5,15H2,1-4H3,(H,30,35)/b34-31-. The number of halogens is 3. The molecule has 17 heteroatoms. The van der Waals surface area contributed by atoms with Crippen molar-refractivity contribution in [2.45, 2.75) is 44.6 Å². The summed E-state index contributed by atoms with van der Waals surface area (Å²) in [6.45, 7) is 3.93. The lowest BCUT2D eigenvalue weighted by Gasteiger charge is -2.14. The monoisotopic (exact) mass is 612 g/mol. The number of alkyl halides is 3. The summed E-state index contributed by atoms with van der Waals surface area (Å²) in [5, 5.41) is 19.4. The molecule has 0 spiro atoms. The van der Waals surface area contributed by atoms with Crippen LogP contribution >= 0.6 is 0 Å². The molecule has 1 aromatic heterocycles. The maximum absolute atomic E-state index is 13.4. The number of aromatic nitrogens is 2. The molecule has 1 heterocycles. The minimum absolute atomic E-state index is 0.0722. The molecule has 2 aromatic carbocycles. The number of hydrogen-bond donors (Lipinski definition) is 1. The Morgan fingerprint density at radius 2 is 1.79 bits per heavy atom. The van der Waals surface area contributed by atoms with Crippen molar-refractivity contribution in [1.82, 2.24) is 19.5 Å². The van der Waals surface area contributed by atoms with E-state index in [2.05, 4.69) is 10.4 Å². The number of likely N-dealkylation sites (N-methyl/N-ethyl adjacent to an activating group) is 1. The zero-order chi connectivity index (χ0) is 31.2. The SMILES string of the molecule is CCC(=O)OC(C)O/N=[N+](\[O-])N(C)CC(=O)NS(=O)(=O)c1ccc(-n2nc(C(F)(F)F)cc2-c2ccc(C)cc2)cc1. The third-order valence-electron chi connectivity index (χ3n) is 5.50. The number of carbonyl (C=O) groups excluding carboxylic acids is 2. The zero-order valence-corrected chi connectivity index (χ0v) is 23.6. The molecule has 226 valence electrons. The second kappa shape index (κ2) is 12.9. The second-order valence-electron chi connectivity index (χ2n) is 8.88. The van der Waals surface area contributed by atoms with E-state index < -0.39 is 46.6 Å². The molecule has 0 bridgehead atoms. The minimum Gasteiger partial charge on any atom is -0.569 e. The summed E-state index contributed by atoms with van der Waals surface area (Å²) in [5.74, 6) is -1.70. The molecule has 1 atom stereocenters. The summed E-state index contributed by atoms with van der Waals surface area (Å²) in [7, 11) is -3.31. The van der Waals surface area contributed by atoms with E-state index >= 15 is 0 Å². The topological polar surface area (TPSA) is 158 Å². The first-order chi connectivity index (χ1) is 19.6. The maximum Gasteiger partial charge on any atom is 0.435 e. The molecule has 0 aliphatic rings. The van der Waals surface area contributed by atoms with Crippen molar-refractivity contribution in [3.63, 3.8) is 0 Å². The highest BCUT2D eigenvalue weighted by Gasteiger charge is 2.35. The van der Waals surface area contributed by atoms with Gasteiger partial charge in [-0.3, -0.25) is 14.4 Å². The lowest BCUT2D eigenvalue weighted by atomic mass is 10.1. The van der Waals surface area contributed by atoms with Gasteiger partial charge in [0, 0.05) is 18.9 Å². The minimum atomic E-state index is -4.72. The van der Waals surface area contributed by atoms with Gasteiger partial charge >= 0.3 is 12.1 Å². The highest BCUT2D eigenvalue weighted by atomic mass is 32.2. The van der Waals surface area contributed by atoms with Crippen LogP contribution in [0.5, 0.6) is 0 Å². The number of nitrogens with one attached hydrogen (secondary N) is 1. The van der Waals surface area contributed by atoms with Gasteiger partial charge in [0.05, 0.1) is 28.3 Å². The molecule has 0 fully saturated rings. The summed E-state index contributed by atoms with van der Waals surface area (Å²) in [5.41, 5.74) is 0.487. The van der Waals surface area contributed by atoms with Crippen LogP contribution < -0.4 is 4.72 Å². The molecule has 1 N–H and O–H groups in total. The van der Waals surface area contributed by atoms with Crippen molar-refractivity contribution in [1.29, 1.82) is 0 Å². The van der Waals surface area contributed by atoms with Gasteiger partial charge < -0.3 is 9.94 Å². The number of amides is 1. The van der Waals surface area contributed by atoms with Gasteiger partial charge in [0.2, 0.25) is 5.28 Å². The largest absolute Gasteiger partial charge is 0.569 e. The van der Waals surface area contributed by atoms with Crippen LogP contribution in [0.25, 0.3) is 16.9 Å². The van der Waals surface area contributed by atoms with Gasteiger partial charge in [-0.1, -0.05) is 36.8 Å². The molecule has 42 heavy (non-hydrogen) atoms. The number of hydrogen-bond acceptors (Lipinski definition) is 9. The number of aryl methyl sites for hydroxylation is 1. The Labute approximate surface area is 238 Å². The second-order valence-corrected chi connectivity index (χ2v) is 10.6. The Bertz CT molecular complexity index is 1560. The maximum atomic E-state index is 13.4. The number of hydrazine groups is 1. The number of benzene rings is 2. The third kappa shape index (κ3) is 8.18. The van der Waals surface area contributed by atoms with Crippen LogP contribution in [-0.4, -0.2) is 59.9 Å². The molecule has 0 saturated heterocycles. The molecule has 1 unspecified atom stereocenters. The molecule has 0 aliphatic heterocycles. The smallest absolute Gasteiger partial charge is 0.435 e. The summed E-state index contributed by atoms with van der Waals surface area (Å²) in [6, 6.07) is 12.3. The molecule has 3 rings (SSSR count). The van der Waals surface area contributed by atoms with Gasteiger partial charge in [0.25, 0.3) is 22.2 Å². The van der Waals surface area contributed by atoms with Crippen LogP contribution in [0.2, 0.25) is 0 Å². The van der Waals surface area contributed by atoms with Crippen LogP contribution in [0.3, 0.4) is 0 Å². The molecule has 1 amide bonds. The van der Waals surface area contributed by atoms with Crippen LogP contribution in [0.15, 0.2) is 64.8 Å². The fraction of sp³-hybridized carbons (Fsp3) is 0.320. The predicted octanol–water partition coefficient (Wildman–Crippen LogP) is 3.71. The molecule has 13 nitrogen and oxygen atoms in total. The molecule has 0 saturated carbocycles. The fourth-order valence-electron chi connectivity index (χ4n) is 3.38. The lowest BCUT2D eigenvalue weighted by Crippen LogP contribution is -2.40. The van der Waals surface area contributed by atoms with E-state index in [4.69, 9.17) is 9.57 Å². The number of carbonyl (C=O) groups is 2. The van der Waals surface area contributed by atoms with Gasteiger partial charge in [-0.05, 0) is 37.3 Å². The summed E-state index contributed by atoms with van der Waals surface area (Å²) < 4.78 is 73.4. The fourth-order valence-corrected chi connectivity index (χ4v) is 4.36. The normalized spacial score (nSPS) is 12.9. The summed E-state index contributed by atoms with van der Waals surface area (Å²) in [6.07, 6.45) is -5.83. The zero-order valence-electron chi connectivity index (χ0n) is 22.8. The molecule has 0 radical (unpaired) electrons. The number of esters is 1. The Morgan fingerprint density at radius 1 is 1.17 bits per heavy atom. The number of sulfonamides is 1. The predicted molar refractivity (Wildman–Crippen MR) is 140 cm³/mol. The molecule has 3 aromatic rings. The van der Waals surface area contributed by atoms with Crippen LogP contribution in [0.1, 0.15) is 31.5 Å². The molecular weight excluding hydrogens is 585 g/mol. The summed E-state index contributed by atoms with van der Waals surface area (Å²) >= 11 is 0. The van der Waals surface area contributed by atoms with E-state index in [1.807, 2.05) is 6.92 Å². The average Bonchev–Trinajstić information content (AvgIpc) is 3.38. The Balaban J connectivity index is 1.74. The van der Waals surface area contributed by atoms with E-state index in [1.54, 1.807) is 35.9 Å². The number of nitrogens with zero attached hydrogens (tertiary/aromatic N) is 5. The van der Waals surface area contributed by atoms with Crippen molar-refractivity contribution in [3.8, 4) is 16.9 Å². The van der Waals surface area contributed by atoms with E-state index in [-0.39, 0.29) is 27.7 Å². The first-order valence-corrected chi connectivity index (χ1v) is 13.7. The van der Waals surface area contributed by atoms with E-state index in [1.165, 1.54) is 19.1 Å². The lowest BCUT2D eigenvalue weighted by molar-refractivity contribution is -0.705. The van der Waals surface area contributed by atoms with E-state index in [9.17, 15) is 36.4 Å². The van der Waals surface area contributed by atoms with Crippen LogP contribution in [0, 0.1) is 12.1 Å². The molecular formula is C25H27F3N6O7S. The van der Waals surface area contributed by atoms with Crippen molar-refractivity contribution < 1.29 is 45.7 Å². The van der Waals surface area contributed by atoms with Gasteiger partial charge in [-0.15, -0.1) is 5.01 Å². The number of ether oxygens (including phenoxy) is 1. The van der Waals surface area contributed by atoms with Gasteiger partial charge in [0.15, 0.2) is 12.2 Å². The Morgan fingerprint density at radius 3 is 2.36 bits per heavy atom.